The van der Waals surface area contributed by atoms with Gasteiger partial charge in [0.05, 0.1) is 11.8 Å². The Morgan fingerprint density at radius 1 is 1.22 bits per heavy atom. The monoisotopic (exact) mass is 246 g/mol. The lowest BCUT2D eigenvalue weighted by atomic mass is 9.91. The number of aliphatic carboxylic acids is 2. The molecule has 0 spiro atoms. The molecule has 18 heavy (non-hydrogen) atoms. The van der Waals surface area contributed by atoms with Gasteiger partial charge in [-0.15, -0.1) is 0 Å². The lowest BCUT2D eigenvalue weighted by Crippen LogP contribution is -2.20. The zero-order valence-electron chi connectivity index (χ0n) is 9.80. The molecule has 2 N–H and O–H groups in total. The molecule has 0 heterocycles. The second-order valence-electron chi connectivity index (χ2n) is 4.47. The van der Waals surface area contributed by atoms with Crippen molar-refractivity contribution in [2.75, 3.05) is 0 Å². The number of hydrogen-bond acceptors (Lipinski definition) is 2. The largest absolute Gasteiger partial charge is 0.481 e. The van der Waals surface area contributed by atoms with Gasteiger partial charge in [0, 0.05) is 0 Å². The Morgan fingerprint density at radius 3 is 2.44 bits per heavy atom. The summed E-state index contributed by atoms with van der Waals surface area (Å²) in [5.74, 6) is -1.70. The molecule has 1 fully saturated rings. The molecule has 2 rings (SSSR count). The Labute approximate surface area is 105 Å². The molecule has 1 aliphatic rings. The number of benzene rings is 1. The maximum atomic E-state index is 11.3. The highest BCUT2D eigenvalue weighted by Gasteiger charge is 2.52. The van der Waals surface area contributed by atoms with Crippen LogP contribution in [-0.4, -0.2) is 22.2 Å². The SMILES string of the molecule is O=C(O)CC=Cc1ccccc1C1(C(=O)O)CC1. The summed E-state index contributed by atoms with van der Waals surface area (Å²) in [4.78, 5) is 21.7. The van der Waals surface area contributed by atoms with Crippen LogP contribution in [0.15, 0.2) is 30.3 Å². The van der Waals surface area contributed by atoms with Crippen molar-refractivity contribution in [1.82, 2.24) is 0 Å². The van der Waals surface area contributed by atoms with Crippen LogP contribution in [-0.2, 0) is 15.0 Å². The van der Waals surface area contributed by atoms with Gasteiger partial charge in [0.25, 0.3) is 0 Å². The van der Waals surface area contributed by atoms with Gasteiger partial charge < -0.3 is 10.2 Å². The van der Waals surface area contributed by atoms with Crippen molar-refractivity contribution < 1.29 is 19.8 Å². The van der Waals surface area contributed by atoms with Gasteiger partial charge in [-0.05, 0) is 24.0 Å². The zero-order chi connectivity index (χ0) is 13.2. The molecule has 0 unspecified atom stereocenters. The first kappa shape index (κ1) is 12.4. The molecule has 1 aromatic carbocycles. The van der Waals surface area contributed by atoms with Gasteiger partial charge in [-0.2, -0.15) is 0 Å². The number of rotatable bonds is 5. The zero-order valence-corrected chi connectivity index (χ0v) is 9.80. The molecule has 0 aromatic heterocycles. The number of carbonyl (C=O) groups is 2. The third kappa shape index (κ3) is 2.27. The van der Waals surface area contributed by atoms with Gasteiger partial charge in [-0.25, -0.2) is 0 Å². The molecule has 94 valence electrons. The van der Waals surface area contributed by atoms with Gasteiger partial charge in [0.15, 0.2) is 0 Å². The van der Waals surface area contributed by atoms with Gasteiger partial charge in [0.1, 0.15) is 0 Å². The molecule has 1 aliphatic carbocycles. The fraction of sp³-hybridized carbons (Fsp3) is 0.286. The van der Waals surface area contributed by atoms with Crippen LogP contribution in [0.5, 0.6) is 0 Å². The average Bonchev–Trinajstić information content (AvgIpc) is 3.10. The van der Waals surface area contributed by atoms with Crippen molar-refractivity contribution in [2.24, 2.45) is 0 Å². The Balaban J connectivity index is 2.29. The summed E-state index contributed by atoms with van der Waals surface area (Å²) in [6, 6.07) is 7.26. The molecule has 4 nitrogen and oxygen atoms in total. The minimum atomic E-state index is -0.900. The van der Waals surface area contributed by atoms with Crippen LogP contribution in [0.25, 0.3) is 6.08 Å². The Morgan fingerprint density at radius 2 is 1.89 bits per heavy atom. The number of carboxylic acid groups (broad SMARTS) is 2. The average molecular weight is 246 g/mol. The topological polar surface area (TPSA) is 74.6 Å². The van der Waals surface area contributed by atoms with Crippen LogP contribution in [0, 0.1) is 0 Å². The maximum Gasteiger partial charge on any atom is 0.314 e. The van der Waals surface area contributed by atoms with Crippen LogP contribution in [0.1, 0.15) is 30.4 Å². The second kappa shape index (κ2) is 4.64. The lowest BCUT2D eigenvalue weighted by molar-refractivity contribution is -0.140. The Kier molecular flexibility index (Phi) is 3.19. The first-order chi connectivity index (χ1) is 8.56. The summed E-state index contributed by atoms with van der Waals surface area (Å²) in [7, 11) is 0. The molecule has 0 saturated heterocycles. The smallest absolute Gasteiger partial charge is 0.314 e. The summed E-state index contributed by atoms with van der Waals surface area (Å²) < 4.78 is 0. The Hall–Kier alpha value is -2.10. The molecular formula is C14H14O4. The van der Waals surface area contributed by atoms with Crippen LogP contribution in [0.3, 0.4) is 0 Å². The highest BCUT2D eigenvalue weighted by atomic mass is 16.4. The second-order valence-corrected chi connectivity index (χ2v) is 4.47. The molecule has 0 aliphatic heterocycles. The molecule has 0 radical (unpaired) electrons. The fourth-order valence-electron chi connectivity index (χ4n) is 2.09. The summed E-state index contributed by atoms with van der Waals surface area (Å²) in [5.41, 5.74) is 0.808. The predicted octanol–water partition coefficient (Wildman–Crippen LogP) is 2.29. The molecule has 0 atom stereocenters. The number of carboxylic acids is 2. The standard InChI is InChI=1S/C14H14O4/c15-12(16)7-3-5-10-4-1-2-6-11(10)14(8-9-14)13(17)18/h1-6H,7-9H2,(H,15,16)(H,17,18). The van der Waals surface area contributed by atoms with Gasteiger partial charge in [0.2, 0.25) is 0 Å². The maximum absolute atomic E-state index is 11.3. The van der Waals surface area contributed by atoms with Gasteiger partial charge in [-0.3, -0.25) is 9.59 Å². The third-order valence-corrected chi connectivity index (χ3v) is 3.23. The van der Waals surface area contributed by atoms with E-state index < -0.39 is 17.4 Å². The lowest BCUT2D eigenvalue weighted by Gasteiger charge is -2.13. The van der Waals surface area contributed by atoms with E-state index in [2.05, 4.69) is 0 Å². The van der Waals surface area contributed by atoms with E-state index >= 15 is 0 Å². The first-order valence-electron chi connectivity index (χ1n) is 5.77. The van der Waals surface area contributed by atoms with E-state index in [0.29, 0.717) is 12.8 Å². The van der Waals surface area contributed by atoms with Gasteiger partial charge >= 0.3 is 11.9 Å². The van der Waals surface area contributed by atoms with Crippen molar-refractivity contribution >= 4 is 18.0 Å². The van der Waals surface area contributed by atoms with E-state index in [1.165, 1.54) is 0 Å². The van der Waals surface area contributed by atoms with E-state index in [4.69, 9.17) is 5.11 Å². The highest BCUT2D eigenvalue weighted by molar-refractivity contribution is 5.86. The minimum absolute atomic E-state index is 0.0611. The van der Waals surface area contributed by atoms with E-state index in [0.717, 1.165) is 11.1 Å². The van der Waals surface area contributed by atoms with Crippen molar-refractivity contribution in [2.45, 2.75) is 24.7 Å². The normalized spacial score (nSPS) is 16.7. The van der Waals surface area contributed by atoms with Gasteiger partial charge in [-0.1, -0.05) is 36.4 Å². The number of hydrogen-bond donors (Lipinski definition) is 2. The van der Waals surface area contributed by atoms with E-state index in [9.17, 15) is 14.7 Å². The van der Waals surface area contributed by atoms with Crippen LogP contribution in [0.2, 0.25) is 0 Å². The molecule has 4 heteroatoms. The summed E-state index contributed by atoms with van der Waals surface area (Å²) in [6.45, 7) is 0. The molecule has 0 amide bonds. The first-order valence-corrected chi connectivity index (χ1v) is 5.77. The van der Waals surface area contributed by atoms with Crippen molar-refractivity contribution in [3.63, 3.8) is 0 Å². The minimum Gasteiger partial charge on any atom is -0.481 e. The molecule has 1 saturated carbocycles. The fourth-order valence-corrected chi connectivity index (χ4v) is 2.09. The van der Waals surface area contributed by atoms with Crippen molar-refractivity contribution in [1.29, 1.82) is 0 Å². The molecule has 0 bridgehead atoms. The van der Waals surface area contributed by atoms with Crippen molar-refractivity contribution in [3.8, 4) is 0 Å². The summed E-state index contributed by atoms with van der Waals surface area (Å²) in [6.07, 6.45) is 4.46. The van der Waals surface area contributed by atoms with Crippen LogP contribution < -0.4 is 0 Å². The van der Waals surface area contributed by atoms with E-state index in [1.807, 2.05) is 24.3 Å². The van der Waals surface area contributed by atoms with Crippen molar-refractivity contribution in [3.05, 3.63) is 41.5 Å². The predicted molar refractivity (Wildman–Crippen MR) is 66.3 cm³/mol. The third-order valence-electron chi connectivity index (χ3n) is 3.23. The Bertz CT molecular complexity index is 512. The van der Waals surface area contributed by atoms with Crippen LogP contribution >= 0.6 is 0 Å². The van der Waals surface area contributed by atoms with E-state index in [1.54, 1.807) is 12.2 Å². The molecular weight excluding hydrogens is 232 g/mol. The summed E-state index contributed by atoms with van der Waals surface area (Å²) >= 11 is 0. The highest BCUT2D eigenvalue weighted by Crippen LogP contribution is 2.49. The summed E-state index contributed by atoms with van der Waals surface area (Å²) in [5, 5.41) is 17.9. The molecule has 1 aromatic rings. The van der Waals surface area contributed by atoms with E-state index in [-0.39, 0.29) is 6.42 Å². The van der Waals surface area contributed by atoms with Crippen LogP contribution in [0.4, 0.5) is 0 Å². The quantitative estimate of drug-likeness (QED) is 0.835.